The first-order chi connectivity index (χ1) is 14.2. The Morgan fingerprint density at radius 2 is 2.13 bits per heavy atom. The molecule has 166 valence electrons. The number of allylic oxidation sites excluding steroid dienone is 3. The van der Waals surface area contributed by atoms with Gasteiger partial charge >= 0.3 is 5.97 Å². The molecule has 0 radical (unpaired) electrons. The minimum absolute atomic E-state index is 0.0559. The third-order valence-corrected chi connectivity index (χ3v) is 7.90. The van der Waals surface area contributed by atoms with Crippen LogP contribution in [-0.2, 0) is 19.0 Å². The van der Waals surface area contributed by atoms with Crippen LogP contribution < -0.4 is 0 Å². The Bertz CT molecular complexity index is 780. The fraction of sp³-hybridized carbons (Fsp3) is 0.696. The number of esters is 1. The molecule has 3 fully saturated rings. The number of epoxide rings is 1. The van der Waals surface area contributed by atoms with Crippen molar-refractivity contribution in [2.45, 2.75) is 76.2 Å². The van der Waals surface area contributed by atoms with E-state index in [0.29, 0.717) is 13.0 Å². The molecule has 3 N–H and O–H groups in total. The Morgan fingerprint density at radius 1 is 1.40 bits per heavy atom. The van der Waals surface area contributed by atoms with E-state index >= 15 is 0 Å². The first-order valence-electron chi connectivity index (χ1n) is 10.7. The Morgan fingerprint density at radius 3 is 2.77 bits per heavy atom. The molecule has 4 rings (SSSR count). The normalized spacial score (nSPS) is 44.2. The van der Waals surface area contributed by atoms with Gasteiger partial charge in [0, 0.05) is 23.3 Å². The number of ether oxygens (including phenoxy) is 3. The first-order valence-corrected chi connectivity index (χ1v) is 10.7. The Hall–Kier alpha value is -1.51. The fourth-order valence-corrected chi connectivity index (χ4v) is 5.82. The Kier molecular flexibility index (Phi) is 5.48. The van der Waals surface area contributed by atoms with Gasteiger partial charge in [0.15, 0.2) is 0 Å². The molecule has 4 aliphatic rings. The molecule has 0 aromatic rings. The smallest absolute Gasteiger partial charge is 0.331 e. The predicted molar refractivity (Wildman–Crippen MR) is 108 cm³/mol. The van der Waals surface area contributed by atoms with E-state index in [0.717, 1.165) is 12.8 Å². The molecule has 8 atom stereocenters. The maximum absolute atomic E-state index is 12.5. The van der Waals surface area contributed by atoms with Crippen LogP contribution in [0.3, 0.4) is 0 Å². The molecule has 1 saturated carbocycles. The Balaban J connectivity index is 1.55. The zero-order chi connectivity index (χ0) is 21.7. The zero-order valence-electron chi connectivity index (χ0n) is 17.8. The van der Waals surface area contributed by atoms with E-state index < -0.39 is 40.7 Å². The lowest BCUT2D eigenvalue weighted by atomic mass is 9.51. The molecule has 0 amide bonds. The number of aliphatic hydroxyl groups excluding tert-OH is 3. The molecule has 1 spiro atoms. The maximum atomic E-state index is 12.5. The summed E-state index contributed by atoms with van der Waals surface area (Å²) in [5.74, 6) is -0.493. The molecular weight excluding hydrogens is 388 g/mol. The predicted octanol–water partition coefficient (Wildman–Crippen LogP) is 1.42. The summed E-state index contributed by atoms with van der Waals surface area (Å²) in [5.41, 5.74) is -0.378. The largest absolute Gasteiger partial charge is 0.458 e. The minimum Gasteiger partial charge on any atom is -0.458 e. The highest BCUT2D eigenvalue weighted by molar-refractivity contribution is 5.82. The summed E-state index contributed by atoms with van der Waals surface area (Å²) in [4.78, 5) is 12.5. The van der Waals surface area contributed by atoms with Gasteiger partial charge in [-0.05, 0) is 26.7 Å². The molecular formula is C23H32O7. The fourth-order valence-electron chi connectivity index (χ4n) is 5.82. The Labute approximate surface area is 177 Å². The van der Waals surface area contributed by atoms with Crippen LogP contribution in [-0.4, -0.2) is 70.6 Å². The number of rotatable bonds is 6. The molecule has 2 aliphatic heterocycles. The molecule has 7 nitrogen and oxygen atoms in total. The van der Waals surface area contributed by atoms with E-state index in [1.54, 1.807) is 0 Å². The monoisotopic (exact) mass is 420 g/mol. The topological polar surface area (TPSA) is 109 Å². The summed E-state index contributed by atoms with van der Waals surface area (Å²) < 4.78 is 18.3. The highest BCUT2D eigenvalue weighted by Gasteiger charge is 2.82. The molecule has 1 unspecified atom stereocenters. The average Bonchev–Trinajstić information content (AvgIpc) is 3.48. The number of aliphatic hydroxyl groups is 3. The van der Waals surface area contributed by atoms with Gasteiger partial charge in [0.05, 0.1) is 37.6 Å². The number of fused-ring (bicyclic) bond motifs is 2. The maximum Gasteiger partial charge on any atom is 0.331 e. The van der Waals surface area contributed by atoms with Crippen molar-refractivity contribution in [3.05, 3.63) is 36.0 Å². The zero-order valence-corrected chi connectivity index (χ0v) is 17.8. The van der Waals surface area contributed by atoms with E-state index in [-0.39, 0.29) is 18.8 Å². The molecule has 2 heterocycles. The number of carbonyl (C=O) groups is 1. The van der Waals surface area contributed by atoms with Crippen molar-refractivity contribution in [2.75, 3.05) is 13.2 Å². The summed E-state index contributed by atoms with van der Waals surface area (Å²) in [5, 5.41) is 29.4. The van der Waals surface area contributed by atoms with E-state index in [2.05, 4.69) is 19.9 Å². The van der Waals surface area contributed by atoms with Crippen LogP contribution in [0.1, 0.15) is 40.0 Å². The molecule has 2 aliphatic carbocycles. The lowest BCUT2D eigenvalue weighted by Gasteiger charge is -2.58. The molecule has 7 heteroatoms. The van der Waals surface area contributed by atoms with Crippen molar-refractivity contribution in [3.8, 4) is 0 Å². The second kappa shape index (κ2) is 7.57. The van der Waals surface area contributed by atoms with Crippen LogP contribution in [0, 0.1) is 10.8 Å². The highest BCUT2D eigenvalue weighted by atomic mass is 16.6. The number of hydrogen-bond acceptors (Lipinski definition) is 7. The standard InChI is InChI=1S/C23H32O7/c1-14-8-9-22(12-24)18(10-14)29-19-11-17(21(22,3)23(19)13-28-23)30-20(27)7-5-4-6-16(26)15(2)25/h4-7,10,15-19,24-26H,8-9,11-13H2,1-3H3/b6-4+,7-5-/t15-,16?,17+,18+,19+,21+,22-,23-/m0/s1. The summed E-state index contributed by atoms with van der Waals surface area (Å²) in [6.07, 6.45) is 7.27. The van der Waals surface area contributed by atoms with Gasteiger partial charge < -0.3 is 29.5 Å². The van der Waals surface area contributed by atoms with Gasteiger partial charge in [-0.3, -0.25) is 0 Å². The van der Waals surface area contributed by atoms with Crippen LogP contribution in [0.4, 0.5) is 0 Å². The second-order valence-electron chi connectivity index (χ2n) is 9.39. The molecule has 0 aromatic heterocycles. The van der Waals surface area contributed by atoms with Crippen molar-refractivity contribution in [1.82, 2.24) is 0 Å². The third kappa shape index (κ3) is 3.02. The highest BCUT2D eigenvalue weighted by Crippen LogP contribution is 2.71. The van der Waals surface area contributed by atoms with Crippen molar-refractivity contribution < 1.29 is 34.3 Å². The SMILES string of the molecule is CC1=C[C@H]2O[C@@H]3C[C@@H](OC(=O)/C=C\C=C\C(O)[C@H](C)O)[C@](C)([C@]2(CO)CC1)[C@]31CO1. The van der Waals surface area contributed by atoms with Crippen LogP contribution >= 0.6 is 0 Å². The lowest BCUT2D eigenvalue weighted by Crippen LogP contribution is -2.66. The van der Waals surface area contributed by atoms with Crippen molar-refractivity contribution in [1.29, 1.82) is 0 Å². The van der Waals surface area contributed by atoms with Crippen LogP contribution in [0.5, 0.6) is 0 Å². The summed E-state index contributed by atoms with van der Waals surface area (Å²) in [7, 11) is 0. The average molecular weight is 421 g/mol. The molecule has 2 saturated heterocycles. The quantitative estimate of drug-likeness (QED) is 0.196. The van der Waals surface area contributed by atoms with E-state index in [9.17, 15) is 20.1 Å². The summed E-state index contributed by atoms with van der Waals surface area (Å²) in [6.45, 7) is 6.14. The van der Waals surface area contributed by atoms with Gasteiger partial charge in [0.25, 0.3) is 0 Å². The van der Waals surface area contributed by atoms with Crippen LogP contribution in [0.2, 0.25) is 0 Å². The number of carbonyl (C=O) groups excluding carboxylic acids is 1. The summed E-state index contributed by atoms with van der Waals surface area (Å²) in [6, 6.07) is 0. The molecule has 2 bridgehead atoms. The van der Waals surface area contributed by atoms with Gasteiger partial charge in [0.2, 0.25) is 0 Å². The van der Waals surface area contributed by atoms with Crippen LogP contribution in [0.15, 0.2) is 36.0 Å². The minimum atomic E-state index is -0.994. The van der Waals surface area contributed by atoms with Crippen molar-refractivity contribution >= 4 is 5.97 Å². The molecule has 30 heavy (non-hydrogen) atoms. The van der Waals surface area contributed by atoms with E-state index in [1.165, 1.54) is 36.8 Å². The van der Waals surface area contributed by atoms with Crippen molar-refractivity contribution in [2.24, 2.45) is 10.8 Å². The van der Waals surface area contributed by atoms with Gasteiger partial charge in [-0.15, -0.1) is 0 Å². The van der Waals surface area contributed by atoms with Crippen LogP contribution in [0.25, 0.3) is 0 Å². The van der Waals surface area contributed by atoms with Crippen molar-refractivity contribution in [3.63, 3.8) is 0 Å². The first kappa shape index (κ1) is 21.7. The van der Waals surface area contributed by atoms with Gasteiger partial charge in [0.1, 0.15) is 11.7 Å². The van der Waals surface area contributed by atoms with Gasteiger partial charge in [-0.2, -0.15) is 0 Å². The van der Waals surface area contributed by atoms with E-state index in [4.69, 9.17) is 14.2 Å². The lowest BCUT2D eigenvalue weighted by molar-refractivity contribution is -0.228. The number of hydrogen-bond donors (Lipinski definition) is 3. The third-order valence-electron chi connectivity index (χ3n) is 7.90. The van der Waals surface area contributed by atoms with Gasteiger partial charge in [-0.1, -0.05) is 36.8 Å². The van der Waals surface area contributed by atoms with Gasteiger partial charge in [-0.25, -0.2) is 4.79 Å². The summed E-state index contributed by atoms with van der Waals surface area (Å²) >= 11 is 0. The second-order valence-corrected chi connectivity index (χ2v) is 9.39. The van der Waals surface area contributed by atoms with E-state index in [1.807, 2.05) is 0 Å². The molecule has 0 aromatic carbocycles.